The Kier molecular flexibility index (Phi) is 2.62. The highest BCUT2D eigenvalue weighted by Gasteiger charge is 2.39. The van der Waals surface area contributed by atoms with E-state index in [9.17, 15) is 0 Å². The Bertz CT molecular complexity index is 532. The number of rotatable bonds is 2. The molecule has 0 saturated heterocycles. The van der Waals surface area contributed by atoms with E-state index in [1.54, 1.807) is 6.26 Å². The van der Waals surface area contributed by atoms with Crippen molar-refractivity contribution in [3.8, 4) is 0 Å². The number of hydrogen-bond donors (Lipinski definition) is 1. The summed E-state index contributed by atoms with van der Waals surface area (Å²) in [6, 6.07) is 8.70. The van der Waals surface area contributed by atoms with E-state index in [-0.39, 0.29) is 0 Å². The summed E-state index contributed by atoms with van der Waals surface area (Å²) in [6.07, 6.45) is 1.69. The Morgan fingerprint density at radius 3 is 2.28 bits per heavy atom. The first-order valence-electron chi connectivity index (χ1n) is 6.45. The van der Waals surface area contributed by atoms with Crippen LogP contribution in [0.15, 0.2) is 35.1 Å². The van der Waals surface area contributed by atoms with Crippen LogP contribution in [0, 0.1) is 0 Å². The zero-order chi connectivity index (χ0) is 12.7. The van der Waals surface area contributed by atoms with Crippen LogP contribution in [0.2, 0.25) is 0 Å². The third-order valence-electron chi connectivity index (χ3n) is 4.24. The molecule has 0 amide bonds. The molecule has 1 heterocycles. The van der Waals surface area contributed by atoms with E-state index in [1.807, 2.05) is 7.05 Å². The minimum absolute atomic E-state index is 0.392. The number of aromatic nitrogens is 1. The molecule has 18 heavy (non-hydrogen) atoms. The number of nitrogens with one attached hydrogen (secondary N) is 1. The van der Waals surface area contributed by atoms with Crippen molar-refractivity contribution in [2.75, 3.05) is 12.4 Å². The Hall–Kier alpha value is -1.77. The van der Waals surface area contributed by atoms with Crippen LogP contribution >= 0.6 is 0 Å². The summed E-state index contributed by atoms with van der Waals surface area (Å²) >= 11 is 0. The second-order valence-electron chi connectivity index (χ2n) is 5.10. The van der Waals surface area contributed by atoms with Gasteiger partial charge in [0.2, 0.25) is 0 Å². The fraction of sp³-hybridized carbons (Fsp3) is 0.400. The van der Waals surface area contributed by atoms with Crippen LogP contribution in [0.3, 0.4) is 0 Å². The van der Waals surface area contributed by atoms with Crippen molar-refractivity contribution in [1.29, 1.82) is 0 Å². The molecule has 1 aromatic heterocycles. The van der Waals surface area contributed by atoms with Crippen molar-refractivity contribution in [3.05, 3.63) is 47.3 Å². The number of fused-ring (bicyclic) bond motifs is 1. The van der Waals surface area contributed by atoms with E-state index in [2.05, 4.69) is 48.6 Å². The smallest absolute Gasteiger partial charge is 0.147 e. The minimum atomic E-state index is 0.392. The molecule has 0 fully saturated rings. The lowest BCUT2D eigenvalue weighted by Crippen LogP contribution is -2.09. The van der Waals surface area contributed by atoms with Gasteiger partial charge in [-0.1, -0.05) is 43.3 Å². The van der Waals surface area contributed by atoms with Gasteiger partial charge in [-0.25, -0.2) is 0 Å². The van der Waals surface area contributed by atoms with Crippen LogP contribution in [-0.2, 0) is 0 Å². The lowest BCUT2D eigenvalue weighted by Gasteiger charge is -2.19. The van der Waals surface area contributed by atoms with Crippen molar-refractivity contribution >= 4 is 5.69 Å². The number of anilines is 1. The number of benzene rings is 1. The molecule has 2 aromatic rings. The standard InChI is InChI=1S/C15H18N2O/c1-9-11-6-4-5-7-12(11)10(2)14(9)15-13(16-3)8-18-17-15/h4-10,14,16H,1-3H3. The first-order valence-corrected chi connectivity index (χ1v) is 6.45. The van der Waals surface area contributed by atoms with E-state index < -0.39 is 0 Å². The topological polar surface area (TPSA) is 38.1 Å². The largest absolute Gasteiger partial charge is 0.384 e. The third-order valence-corrected chi connectivity index (χ3v) is 4.24. The molecule has 0 radical (unpaired) electrons. The van der Waals surface area contributed by atoms with E-state index in [0.717, 1.165) is 11.4 Å². The van der Waals surface area contributed by atoms with E-state index >= 15 is 0 Å². The maximum absolute atomic E-state index is 5.13. The molecule has 1 aliphatic carbocycles. The molecular formula is C15H18N2O. The molecular weight excluding hydrogens is 224 g/mol. The first-order chi connectivity index (χ1) is 8.74. The molecule has 1 aromatic carbocycles. The second kappa shape index (κ2) is 4.16. The maximum Gasteiger partial charge on any atom is 0.147 e. The van der Waals surface area contributed by atoms with Gasteiger partial charge in [-0.3, -0.25) is 0 Å². The fourth-order valence-electron chi connectivity index (χ4n) is 3.31. The first kappa shape index (κ1) is 11.3. The summed E-state index contributed by atoms with van der Waals surface area (Å²) in [6.45, 7) is 4.56. The predicted molar refractivity (Wildman–Crippen MR) is 72.1 cm³/mol. The highest BCUT2D eigenvalue weighted by Crippen LogP contribution is 2.52. The fourth-order valence-corrected chi connectivity index (χ4v) is 3.31. The van der Waals surface area contributed by atoms with Crippen molar-refractivity contribution in [2.24, 2.45) is 0 Å². The molecule has 0 spiro atoms. The molecule has 3 nitrogen and oxygen atoms in total. The zero-order valence-corrected chi connectivity index (χ0v) is 11.0. The van der Waals surface area contributed by atoms with Gasteiger partial charge in [-0.15, -0.1) is 0 Å². The number of hydrogen-bond acceptors (Lipinski definition) is 3. The normalized spacial score (nSPS) is 26.1. The van der Waals surface area contributed by atoms with Gasteiger partial charge in [-0.2, -0.15) is 0 Å². The van der Waals surface area contributed by atoms with Gasteiger partial charge in [0.15, 0.2) is 0 Å². The summed E-state index contributed by atoms with van der Waals surface area (Å²) < 4.78 is 5.13. The van der Waals surface area contributed by atoms with Gasteiger partial charge in [0.05, 0.1) is 5.69 Å². The van der Waals surface area contributed by atoms with Gasteiger partial charge in [0.25, 0.3) is 0 Å². The van der Waals surface area contributed by atoms with Crippen molar-refractivity contribution in [3.63, 3.8) is 0 Å². The van der Waals surface area contributed by atoms with Gasteiger partial charge in [-0.05, 0) is 23.0 Å². The summed E-state index contributed by atoms with van der Waals surface area (Å²) in [5.41, 5.74) is 4.94. The molecule has 2 atom stereocenters. The summed E-state index contributed by atoms with van der Waals surface area (Å²) in [5.74, 6) is 1.35. The quantitative estimate of drug-likeness (QED) is 0.872. The van der Waals surface area contributed by atoms with E-state index in [0.29, 0.717) is 17.8 Å². The summed E-state index contributed by atoms with van der Waals surface area (Å²) in [7, 11) is 1.91. The summed E-state index contributed by atoms with van der Waals surface area (Å²) in [5, 5.41) is 7.38. The third kappa shape index (κ3) is 1.47. The SMILES string of the molecule is CNc1conc1C1C(C)c2ccccc2C1C. The minimum Gasteiger partial charge on any atom is -0.384 e. The van der Waals surface area contributed by atoms with E-state index in [1.165, 1.54) is 11.1 Å². The Morgan fingerprint density at radius 1 is 1.11 bits per heavy atom. The van der Waals surface area contributed by atoms with Crippen LogP contribution in [0.1, 0.15) is 48.4 Å². The second-order valence-corrected chi connectivity index (χ2v) is 5.10. The maximum atomic E-state index is 5.13. The van der Waals surface area contributed by atoms with Gasteiger partial charge in [0.1, 0.15) is 12.0 Å². The lowest BCUT2D eigenvalue weighted by molar-refractivity contribution is 0.395. The van der Waals surface area contributed by atoms with Crippen LogP contribution in [0.5, 0.6) is 0 Å². The predicted octanol–water partition coefficient (Wildman–Crippen LogP) is 3.72. The molecule has 0 saturated carbocycles. The molecule has 0 aliphatic heterocycles. The van der Waals surface area contributed by atoms with E-state index in [4.69, 9.17) is 4.52 Å². The van der Waals surface area contributed by atoms with Gasteiger partial charge in [0, 0.05) is 13.0 Å². The number of nitrogens with zero attached hydrogens (tertiary/aromatic N) is 1. The van der Waals surface area contributed by atoms with Crippen molar-refractivity contribution < 1.29 is 4.52 Å². The average molecular weight is 242 g/mol. The molecule has 3 heteroatoms. The van der Waals surface area contributed by atoms with Crippen LogP contribution in [0.4, 0.5) is 5.69 Å². The van der Waals surface area contributed by atoms with Crippen molar-refractivity contribution in [2.45, 2.75) is 31.6 Å². The van der Waals surface area contributed by atoms with Gasteiger partial charge >= 0.3 is 0 Å². The summed E-state index contributed by atoms with van der Waals surface area (Å²) in [4.78, 5) is 0. The van der Waals surface area contributed by atoms with Gasteiger partial charge < -0.3 is 9.84 Å². The van der Waals surface area contributed by atoms with Crippen LogP contribution in [0.25, 0.3) is 0 Å². The Morgan fingerprint density at radius 2 is 1.72 bits per heavy atom. The van der Waals surface area contributed by atoms with Crippen molar-refractivity contribution in [1.82, 2.24) is 5.16 Å². The lowest BCUT2D eigenvalue weighted by atomic mass is 9.85. The van der Waals surface area contributed by atoms with Crippen LogP contribution < -0.4 is 5.32 Å². The highest BCUT2D eigenvalue weighted by atomic mass is 16.5. The molecule has 1 aliphatic rings. The molecule has 3 rings (SSSR count). The zero-order valence-electron chi connectivity index (χ0n) is 11.0. The molecule has 94 valence electrons. The average Bonchev–Trinajstić information content (AvgIpc) is 2.95. The highest BCUT2D eigenvalue weighted by molar-refractivity contribution is 5.52. The Labute approximate surface area is 107 Å². The molecule has 1 N–H and O–H groups in total. The van der Waals surface area contributed by atoms with Crippen LogP contribution in [-0.4, -0.2) is 12.2 Å². The molecule has 2 unspecified atom stereocenters. The molecule has 0 bridgehead atoms. The Balaban J connectivity index is 2.06. The monoisotopic (exact) mass is 242 g/mol.